The van der Waals surface area contributed by atoms with Crippen molar-refractivity contribution >= 4 is 23.0 Å². The molecule has 33 heavy (non-hydrogen) atoms. The highest BCUT2D eigenvalue weighted by Crippen LogP contribution is 2.35. The molecule has 0 bridgehead atoms. The number of pyridine rings is 1. The van der Waals surface area contributed by atoms with E-state index >= 15 is 0 Å². The molecule has 4 aromatic rings. The Hall–Kier alpha value is -3.76. The molecule has 11 heteroatoms. The number of amides is 1. The molecular weight excluding hydrogens is 432 g/mol. The molecule has 0 spiro atoms. The van der Waals surface area contributed by atoms with Crippen molar-refractivity contribution in [2.24, 2.45) is 0 Å². The molecule has 0 aliphatic heterocycles. The molecule has 0 atom stereocenters. The SMILES string of the molecule is CNC(=O)c1cnc2ccc(-c3ccn4nc(NC5CCC(F)(F)CC5)nc(OC)c34)cn12. The average Bonchev–Trinajstić information content (AvgIpc) is 3.43. The van der Waals surface area contributed by atoms with Gasteiger partial charge in [-0.1, -0.05) is 0 Å². The summed E-state index contributed by atoms with van der Waals surface area (Å²) >= 11 is 0. The second kappa shape index (κ2) is 7.98. The van der Waals surface area contributed by atoms with Crippen LogP contribution in [0.4, 0.5) is 14.7 Å². The summed E-state index contributed by atoms with van der Waals surface area (Å²) in [4.78, 5) is 20.9. The van der Waals surface area contributed by atoms with E-state index in [1.807, 2.05) is 24.4 Å². The fourth-order valence-corrected chi connectivity index (χ4v) is 4.23. The van der Waals surface area contributed by atoms with E-state index < -0.39 is 5.92 Å². The molecule has 1 aliphatic rings. The Kier molecular flexibility index (Phi) is 5.10. The van der Waals surface area contributed by atoms with E-state index in [2.05, 4.69) is 25.7 Å². The number of rotatable bonds is 5. The third-order valence-electron chi connectivity index (χ3n) is 6.00. The van der Waals surface area contributed by atoms with Gasteiger partial charge in [-0.3, -0.25) is 9.20 Å². The lowest BCUT2D eigenvalue weighted by molar-refractivity contribution is -0.0361. The van der Waals surface area contributed by atoms with Crippen molar-refractivity contribution in [2.45, 2.75) is 37.6 Å². The molecule has 172 valence electrons. The van der Waals surface area contributed by atoms with E-state index in [1.165, 1.54) is 13.3 Å². The van der Waals surface area contributed by atoms with E-state index in [-0.39, 0.29) is 24.8 Å². The predicted molar refractivity (Wildman–Crippen MR) is 118 cm³/mol. The molecule has 9 nitrogen and oxygen atoms in total. The summed E-state index contributed by atoms with van der Waals surface area (Å²) in [6.45, 7) is 0. The molecule has 2 N–H and O–H groups in total. The van der Waals surface area contributed by atoms with E-state index in [4.69, 9.17) is 4.74 Å². The molecule has 4 aromatic heterocycles. The van der Waals surface area contributed by atoms with E-state index in [0.29, 0.717) is 41.5 Å². The van der Waals surface area contributed by atoms with Crippen LogP contribution in [-0.2, 0) is 0 Å². The van der Waals surface area contributed by atoms with E-state index in [9.17, 15) is 13.6 Å². The summed E-state index contributed by atoms with van der Waals surface area (Å²) in [5, 5.41) is 10.3. The largest absolute Gasteiger partial charge is 0.479 e. The van der Waals surface area contributed by atoms with Gasteiger partial charge in [0.05, 0.1) is 13.3 Å². The number of aromatic nitrogens is 5. The topological polar surface area (TPSA) is 97.9 Å². The van der Waals surface area contributed by atoms with Crippen LogP contribution in [0.2, 0.25) is 0 Å². The molecule has 4 heterocycles. The van der Waals surface area contributed by atoms with Gasteiger partial charge in [-0.2, -0.15) is 4.98 Å². The van der Waals surface area contributed by atoms with Crippen molar-refractivity contribution in [3.05, 3.63) is 42.5 Å². The molecule has 1 saturated carbocycles. The number of carbonyl (C=O) groups excluding carboxylic acids is 1. The number of hydrogen-bond acceptors (Lipinski definition) is 6. The first-order valence-corrected chi connectivity index (χ1v) is 10.7. The highest BCUT2D eigenvalue weighted by molar-refractivity contribution is 5.93. The van der Waals surface area contributed by atoms with Gasteiger partial charge in [0, 0.05) is 49.5 Å². The Morgan fingerprint density at radius 3 is 2.76 bits per heavy atom. The second-order valence-corrected chi connectivity index (χ2v) is 8.11. The maximum absolute atomic E-state index is 13.5. The zero-order chi connectivity index (χ0) is 23.2. The normalized spacial score (nSPS) is 16.2. The van der Waals surface area contributed by atoms with Gasteiger partial charge in [-0.25, -0.2) is 18.3 Å². The average molecular weight is 455 g/mol. The standard InChI is InChI=1S/C22H23F2N7O2/c1-25-19(32)16-11-26-17-4-3-13(12-30(16)17)15-7-10-31-18(15)20(33-2)28-21(29-31)27-14-5-8-22(23,24)9-6-14/h3-4,7,10-12,14H,5-6,8-9H2,1-2H3,(H,25,32)(H,27,29). The van der Waals surface area contributed by atoms with E-state index in [0.717, 1.165) is 11.1 Å². The van der Waals surface area contributed by atoms with Crippen molar-refractivity contribution in [3.8, 4) is 17.0 Å². The lowest BCUT2D eigenvalue weighted by atomic mass is 9.92. The van der Waals surface area contributed by atoms with Crippen LogP contribution >= 0.6 is 0 Å². The van der Waals surface area contributed by atoms with Crippen molar-refractivity contribution in [2.75, 3.05) is 19.5 Å². The van der Waals surface area contributed by atoms with Crippen molar-refractivity contribution in [1.82, 2.24) is 29.3 Å². The van der Waals surface area contributed by atoms with Crippen molar-refractivity contribution in [1.29, 1.82) is 0 Å². The Bertz CT molecular complexity index is 1340. The molecule has 0 unspecified atom stereocenters. The van der Waals surface area contributed by atoms with E-state index in [1.54, 1.807) is 22.2 Å². The van der Waals surface area contributed by atoms with Gasteiger partial charge in [0.25, 0.3) is 5.91 Å². The molecule has 1 aliphatic carbocycles. The maximum atomic E-state index is 13.5. The number of carbonyl (C=O) groups is 1. The summed E-state index contributed by atoms with van der Waals surface area (Å²) in [5.41, 5.74) is 3.36. The number of halogens is 2. The molecule has 5 rings (SSSR count). The quantitative estimate of drug-likeness (QED) is 0.479. The molecule has 0 saturated heterocycles. The van der Waals surface area contributed by atoms with Gasteiger partial charge in [0.15, 0.2) is 0 Å². The highest BCUT2D eigenvalue weighted by atomic mass is 19.3. The number of nitrogens with one attached hydrogen (secondary N) is 2. The number of hydrogen-bond donors (Lipinski definition) is 2. The van der Waals surface area contributed by atoms with Crippen LogP contribution in [0, 0.1) is 0 Å². The minimum Gasteiger partial charge on any atom is -0.479 e. The second-order valence-electron chi connectivity index (χ2n) is 8.11. The van der Waals surface area contributed by atoms with Crippen LogP contribution in [0.25, 0.3) is 22.3 Å². The van der Waals surface area contributed by atoms with Crippen LogP contribution in [0.1, 0.15) is 36.2 Å². The first-order valence-electron chi connectivity index (χ1n) is 10.7. The Labute approximate surface area is 187 Å². The van der Waals surface area contributed by atoms with Gasteiger partial charge in [-0.15, -0.1) is 5.10 Å². The smallest absolute Gasteiger partial charge is 0.269 e. The van der Waals surface area contributed by atoms with Crippen molar-refractivity contribution < 1.29 is 18.3 Å². The fraction of sp³-hybridized carbons (Fsp3) is 0.364. The third-order valence-corrected chi connectivity index (χ3v) is 6.00. The van der Waals surface area contributed by atoms with Crippen LogP contribution < -0.4 is 15.4 Å². The van der Waals surface area contributed by atoms with Crippen LogP contribution in [0.3, 0.4) is 0 Å². The van der Waals surface area contributed by atoms with Gasteiger partial charge < -0.3 is 15.4 Å². The highest BCUT2D eigenvalue weighted by Gasteiger charge is 2.35. The number of nitrogens with zero attached hydrogens (tertiary/aromatic N) is 5. The van der Waals surface area contributed by atoms with Crippen LogP contribution in [-0.4, -0.2) is 56.0 Å². The summed E-state index contributed by atoms with van der Waals surface area (Å²) in [6, 6.07) is 5.50. The van der Waals surface area contributed by atoms with Crippen LogP contribution in [0.15, 0.2) is 36.8 Å². The number of fused-ring (bicyclic) bond motifs is 2. The van der Waals surface area contributed by atoms with Gasteiger partial charge >= 0.3 is 0 Å². The summed E-state index contributed by atoms with van der Waals surface area (Å²) in [7, 11) is 3.09. The third kappa shape index (κ3) is 3.83. The lowest BCUT2D eigenvalue weighted by Crippen LogP contribution is -2.32. The molecule has 0 radical (unpaired) electrons. The molecule has 1 amide bonds. The summed E-state index contributed by atoms with van der Waals surface area (Å²) in [6.07, 6.45) is 5.55. The minimum absolute atomic E-state index is 0.117. The fourth-order valence-electron chi connectivity index (χ4n) is 4.23. The minimum atomic E-state index is -2.59. The Morgan fingerprint density at radius 2 is 2.03 bits per heavy atom. The Balaban J connectivity index is 1.51. The first kappa shape index (κ1) is 21.1. The Morgan fingerprint density at radius 1 is 1.24 bits per heavy atom. The van der Waals surface area contributed by atoms with Gasteiger partial charge in [0.1, 0.15) is 16.9 Å². The lowest BCUT2D eigenvalue weighted by Gasteiger charge is -2.28. The zero-order valence-electron chi connectivity index (χ0n) is 18.2. The van der Waals surface area contributed by atoms with Crippen molar-refractivity contribution in [3.63, 3.8) is 0 Å². The first-order chi connectivity index (χ1) is 15.9. The molecule has 1 fully saturated rings. The van der Waals surface area contributed by atoms with Gasteiger partial charge in [-0.05, 0) is 31.0 Å². The summed E-state index contributed by atoms with van der Waals surface area (Å²) in [5.74, 6) is -2.16. The predicted octanol–water partition coefficient (Wildman–Crippen LogP) is 3.40. The number of anilines is 1. The summed E-state index contributed by atoms with van der Waals surface area (Å²) < 4.78 is 35.8. The number of ether oxygens (including phenoxy) is 1. The molecule has 0 aromatic carbocycles. The number of methoxy groups -OCH3 is 1. The molecular formula is C22H23F2N7O2. The zero-order valence-corrected chi connectivity index (χ0v) is 18.2. The maximum Gasteiger partial charge on any atom is 0.269 e. The number of alkyl halides is 2. The number of imidazole rings is 1. The van der Waals surface area contributed by atoms with Crippen LogP contribution in [0.5, 0.6) is 5.88 Å². The monoisotopic (exact) mass is 455 g/mol. The van der Waals surface area contributed by atoms with Gasteiger partial charge in [0.2, 0.25) is 17.8 Å².